The first kappa shape index (κ1) is 35.4. The van der Waals surface area contributed by atoms with Crippen molar-refractivity contribution in [3.05, 3.63) is 70.6 Å². The lowest BCUT2D eigenvalue weighted by molar-refractivity contribution is -0.154. The van der Waals surface area contributed by atoms with Crippen LogP contribution >= 0.6 is 0 Å². The van der Waals surface area contributed by atoms with Gasteiger partial charge in [0.05, 0.1) is 36.6 Å². The molecule has 0 fully saturated rings. The minimum absolute atomic E-state index is 0.0858. The third-order valence-electron chi connectivity index (χ3n) is 6.92. The Bertz CT molecular complexity index is 1550. The Labute approximate surface area is 267 Å². The van der Waals surface area contributed by atoms with E-state index in [1.54, 1.807) is 71.0 Å². The van der Waals surface area contributed by atoms with Crippen LogP contribution in [0.15, 0.2) is 48.4 Å². The summed E-state index contributed by atoms with van der Waals surface area (Å²) >= 11 is 0. The van der Waals surface area contributed by atoms with Gasteiger partial charge in [0.1, 0.15) is 24.4 Å². The Kier molecular flexibility index (Phi) is 11.4. The zero-order chi connectivity index (χ0) is 34.3. The van der Waals surface area contributed by atoms with Crippen LogP contribution in [0.25, 0.3) is 0 Å². The molecule has 246 valence electrons. The van der Waals surface area contributed by atoms with E-state index in [0.717, 1.165) is 18.1 Å². The smallest absolute Gasteiger partial charge is 0.312 e. The number of para-hydroxylation sites is 2. The second-order valence-electron chi connectivity index (χ2n) is 11.9. The number of anilines is 2. The summed E-state index contributed by atoms with van der Waals surface area (Å²) in [5.74, 6) is -3.78. The molecule has 0 radical (unpaired) electrons. The maximum absolute atomic E-state index is 14.1. The van der Waals surface area contributed by atoms with Crippen LogP contribution in [0.2, 0.25) is 0 Å². The molecular weight excluding hydrogens is 596 g/mol. The van der Waals surface area contributed by atoms with Crippen molar-refractivity contribution in [2.75, 3.05) is 22.9 Å². The van der Waals surface area contributed by atoms with Crippen molar-refractivity contribution < 1.29 is 43.3 Å². The molecule has 13 heteroatoms. The van der Waals surface area contributed by atoms with Crippen LogP contribution in [-0.2, 0) is 40.1 Å². The first-order chi connectivity index (χ1) is 21.5. The number of esters is 2. The van der Waals surface area contributed by atoms with Crippen molar-refractivity contribution in [2.24, 2.45) is 0 Å². The lowest BCUT2D eigenvalue weighted by atomic mass is 9.99. The number of amides is 4. The number of aryl methyl sites for hydroxylation is 2. The molecule has 4 amide bonds. The van der Waals surface area contributed by atoms with Gasteiger partial charge < -0.3 is 30.1 Å². The highest BCUT2D eigenvalue weighted by atomic mass is 16.6. The zero-order valence-corrected chi connectivity index (χ0v) is 27.1. The quantitative estimate of drug-likeness (QED) is 0.276. The number of aliphatic hydroxyl groups excluding tert-OH is 1. The van der Waals surface area contributed by atoms with Gasteiger partial charge >= 0.3 is 11.9 Å². The van der Waals surface area contributed by atoms with E-state index in [0.29, 0.717) is 22.4 Å². The maximum Gasteiger partial charge on any atom is 0.312 e. The maximum atomic E-state index is 14.1. The minimum Gasteiger partial charge on any atom is -0.460 e. The standard InChI is InChI=1S/C33H40N4O9/c1-19-12-23(13-20(2)25(19)17-38)31(43)35-26-15-36(21(3)39)27-10-8-9-11-28(27)37(32(26)44)16-29(41)34-24(18-45-22(4)40)14-30(42)46-33(5,6)7/h8-13,18,26,38H,14-17H2,1-7H3,(H,34,41)(H,35,43)/b24-18-/t26-/m0/s1. The van der Waals surface area contributed by atoms with Gasteiger partial charge in [0.25, 0.3) is 11.8 Å². The molecule has 0 aromatic heterocycles. The van der Waals surface area contributed by atoms with Crippen LogP contribution in [0.1, 0.15) is 68.1 Å². The Morgan fingerprint density at radius 2 is 1.63 bits per heavy atom. The number of ether oxygens (including phenoxy) is 2. The van der Waals surface area contributed by atoms with Crippen LogP contribution in [-0.4, -0.2) is 65.4 Å². The predicted molar refractivity (Wildman–Crippen MR) is 168 cm³/mol. The Balaban J connectivity index is 1.95. The molecule has 1 atom stereocenters. The number of nitrogens with one attached hydrogen (secondary N) is 2. The predicted octanol–water partition coefficient (Wildman–Crippen LogP) is 2.55. The van der Waals surface area contributed by atoms with Gasteiger partial charge in [0, 0.05) is 19.4 Å². The summed E-state index contributed by atoms with van der Waals surface area (Å²) in [6.45, 7) is 10.0. The van der Waals surface area contributed by atoms with E-state index in [4.69, 9.17) is 9.47 Å². The summed E-state index contributed by atoms with van der Waals surface area (Å²) in [6.07, 6.45) is 0.487. The fourth-order valence-electron chi connectivity index (χ4n) is 4.94. The van der Waals surface area contributed by atoms with E-state index in [1.165, 1.54) is 11.8 Å². The number of nitrogens with zero attached hydrogens (tertiary/aromatic N) is 2. The number of fused-ring (bicyclic) bond motifs is 1. The summed E-state index contributed by atoms with van der Waals surface area (Å²) < 4.78 is 10.2. The number of hydrogen-bond acceptors (Lipinski definition) is 9. The summed E-state index contributed by atoms with van der Waals surface area (Å²) in [7, 11) is 0. The Morgan fingerprint density at radius 3 is 2.17 bits per heavy atom. The van der Waals surface area contributed by atoms with Crippen LogP contribution < -0.4 is 20.4 Å². The molecule has 0 spiro atoms. The highest BCUT2D eigenvalue weighted by molar-refractivity contribution is 6.10. The van der Waals surface area contributed by atoms with Gasteiger partial charge in [-0.1, -0.05) is 12.1 Å². The zero-order valence-electron chi connectivity index (χ0n) is 27.1. The first-order valence-electron chi connectivity index (χ1n) is 14.6. The van der Waals surface area contributed by atoms with Gasteiger partial charge in [-0.25, -0.2) is 0 Å². The van der Waals surface area contributed by atoms with Crippen LogP contribution in [0.3, 0.4) is 0 Å². The van der Waals surface area contributed by atoms with Crippen molar-refractivity contribution in [3.8, 4) is 0 Å². The number of aliphatic hydroxyl groups is 1. The third-order valence-corrected chi connectivity index (χ3v) is 6.92. The Hall–Kier alpha value is -5.04. The van der Waals surface area contributed by atoms with Crippen LogP contribution in [0, 0.1) is 13.8 Å². The van der Waals surface area contributed by atoms with E-state index in [2.05, 4.69) is 10.6 Å². The van der Waals surface area contributed by atoms with Gasteiger partial charge in [-0.15, -0.1) is 0 Å². The monoisotopic (exact) mass is 636 g/mol. The van der Waals surface area contributed by atoms with Crippen molar-refractivity contribution in [3.63, 3.8) is 0 Å². The fourth-order valence-corrected chi connectivity index (χ4v) is 4.94. The highest BCUT2D eigenvalue weighted by Gasteiger charge is 2.37. The number of carbonyl (C=O) groups is 6. The SMILES string of the molecule is CC(=O)O/C=C(/CC(=O)OC(C)(C)C)NC(=O)CN1C(=O)[C@@H](NC(=O)c2cc(C)c(CO)c(C)c2)CN(C(C)=O)c2ccccc21. The molecule has 46 heavy (non-hydrogen) atoms. The van der Waals surface area contributed by atoms with Gasteiger partial charge in [0.15, 0.2) is 0 Å². The van der Waals surface area contributed by atoms with E-state index < -0.39 is 60.2 Å². The topological polar surface area (TPSA) is 172 Å². The van der Waals surface area contributed by atoms with Gasteiger partial charge in [-0.2, -0.15) is 0 Å². The van der Waals surface area contributed by atoms with Crippen LogP contribution in [0.5, 0.6) is 0 Å². The van der Waals surface area contributed by atoms with Gasteiger partial charge in [-0.3, -0.25) is 33.7 Å². The fraction of sp³-hybridized carbons (Fsp3) is 0.394. The lowest BCUT2D eigenvalue weighted by Gasteiger charge is -2.25. The van der Waals surface area contributed by atoms with Crippen LogP contribution in [0.4, 0.5) is 11.4 Å². The van der Waals surface area contributed by atoms with Crippen molar-refractivity contribution in [1.82, 2.24) is 10.6 Å². The average Bonchev–Trinajstić information content (AvgIpc) is 3.05. The molecule has 0 unspecified atom stereocenters. The molecule has 1 heterocycles. The van der Waals surface area contributed by atoms with Crippen molar-refractivity contribution in [2.45, 2.75) is 73.1 Å². The van der Waals surface area contributed by atoms with Crippen molar-refractivity contribution in [1.29, 1.82) is 0 Å². The van der Waals surface area contributed by atoms with E-state index in [1.807, 2.05) is 0 Å². The first-order valence-corrected chi connectivity index (χ1v) is 14.6. The molecule has 3 N–H and O–H groups in total. The molecule has 1 aliphatic heterocycles. The molecular formula is C33H40N4O9. The number of hydrogen-bond donors (Lipinski definition) is 3. The molecule has 0 bridgehead atoms. The van der Waals surface area contributed by atoms with Gasteiger partial charge in [-0.05, 0) is 75.6 Å². The molecule has 1 aliphatic rings. The summed E-state index contributed by atoms with van der Waals surface area (Å²) in [4.78, 5) is 80.0. The Morgan fingerprint density at radius 1 is 1.02 bits per heavy atom. The van der Waals surface area contributed by atoms with E-state index >= 15 is 0 Å². The molecule has 0 saturated heterocycles. The summed E-state index contributed by atoms with van der Waals surface area (Å²) in [5.41, 5.74) is 2.02. The van der Waals surface area contributed by atoms with Crippen molar-refractivity contribution >= 4 is 46.9 Å². The molecule has 0 aliphatic carbocycles. The largest absolute Gasteiger partial charge is 0.460 e. The second-order valence-corrected chi connectivity index (χ2v) is 11.9. The number of benzene rings is 2. The third kappa shape index (κ3) is 9.24. The molecule has 2 aromatic carbocycles. The average molecular weight is 637 g/mol. The number of carbonyl (C=O) groups excluding carboxylic acids is 6. The van der Waals surface area contributed by atoms with Gasteiger partial charge in [0.2, 0.25) is 11.8 Å². The molecule has 13 nitrogen and oxygen atoms in total. The second kappa shape index (κ2) is 14.8. The van der Waals surface area contributed by atoms with E-state index in [-0.39, 0.29) is 30.1 Å². The highest BCUT2D eigenvalue weighted by Crippen LogP contribution is 2.33. The van der Waals surface area contributed by atoms with E-state index in [9.17, 15) is 33.9 Å². The minimum atomic E-state index is -1.26. The summed E-state index contributed by atoms with van der Waals surface area (Å²) in [5, 5.41) is 14.9. The molecule has 0 saturated carbocycles. The lowest BCUT2D eigenvalue weighted by Crippen LogP contribution is -2.54. The number of rotatable bonds is 9. The summed E-state index contributed by atoms with van der Waals surface area (Å²) in [6, 6.07) is 8.43. The normalized spacial score (nSPS) is 15.0. The molecule has 2 aromatic rings. The molecule has 3 rings (SSSR count).